The van der Waals surface area contributed by atoms with Crippen LogP contribution >= 0.6 is 0 Å². The molecule has 0 bridgehead atoms. The molecule has 0 aliphatic rings. The monoisotopic (exact) mass is 311 g/mol. The standard InChI is InChI=1S/C20H41NO/c1-3-4-5-6-7-8-9-10-11-12-13-14-15-17-20(22)18-16-19-21-2/h21H,3-19H2,1-2H3. The van der Waals surface area contributed by atoms with Gasteiger partial charge in [0, 0.05) is 12.8 Å². The fourth-order valence-electron chi connectivity index (χ4n) is 2.93. The lowest BCUT2D eigenvalue weighted by Crippen LogP contribution is -2.09. The van der Waals surface area contributed by atoms with Gasteiger partial charge in [-0.05, 0) is 26.4 Å². The summed E-state index contributed by atoms with van der Waals surface area (Å²) < 4.78 is 0. The molecule has 0 radical (unpaired) electrons. The van der Waals surface area contributed by atoms with E-state index in [1.54, 1.807) is 0 Å². The predicted molar refractivity (Wildman–Crippen MR) is 98.5 cm³/mol. The zero-order chi connectivity index (χ0) is 16.3. The summed E-state index contributed by atoms with van der Waals surface area (Å²) in [6.07, 6.45) is 20.3. The first-order valence-electron chi connectivity index (χ1n) is 9.97. The summed E-state index contributed by atoms with van der Waals surface area (Å²) in [7, 11) is 1.94. The Hall–Kier alpha value is -0.370. The first-order valence-corrected chi connectivity index (χ1v) is 9.97. The van der Waals surface area contributed by atoms with Crippen LogP contribution in [0.25, 0.3) is 0 Å². The third-order valence-corrected chi connectivity index (χ3v) is 4.44. The van der Waals surface area contributed by atoms with Crippen molar-refractivity contribution >= 4 is 5.78 Å². The molecule has 2 nitrogen and oxygen atoms in total. The van der Waals surface area contributed by atoms with Gasteiger partial charge in [0.15, 0.2) is 0 Å². The van der Waals surface area contributed by atoms with Crippen molar-refractivity contribution in [1.29, 1.82) is 0 Å². The van der Waals surface area contributed by atoms with Gasteiger partial charge in [0.1, 0.15) is 5.78 Å². The molecule has 0 spiro atoms. The van der Waals surface area contributed by atoms with Gasteiger partial charge in [0.05, 0.1) is 0 Å². The summed E-state index contributed by atoms with van der Waals surface area (Å²) in [6, 6.07) is 0. The second-order valence-corrected chi connectivity index (χ2v) is 6.74. The number of Topliss-reactive ketones (excluding diaryl/α,β-unsaturated/α-hetero) is 1. The summed E-state index contributed by atoms with van der Waals surface area (Å²) >= 11 is 0. The highest BCUT2D eigenvalue weighted by Crippen LogP contribution is 2.13. The van der Waals surface area contributed by atoms with E-state index in [0.717, 1.165) is 32.2 Å². The predicted octanol–water partition coefficient (Wildman–Crippen LogP) is 6.04. The molecule has 22 heavy (non-hydrogen) atoms. The molecular formula is C20H41NO. The van der Waals surface area contributed by atoms with Crippen LogP contribution in [-0.4, -0.2) is 19.4 Å². The van der Waals surface area contributed by atoms with Crippen LogP contribution in [0.15, 0.2) is 0 Å². The van der Waals surface area contributed by atoms with E-state index in [4.69, 9.17) is 0 Å². The van der Waals surface area contributed by atoms with Crippen LogP contribution in [0.2, 0.25) is 0 Å². The molecule has 0 fully saturated rings. The molecule has 0 atom stereocenters. The van der Waals surface area contributed by atoms with E-state index in [0.29, 0.717) is 5.78 Å². The van der Waals surface area contributed by atoms with E-state index in [9.17, 15) is 4.79 Å². The van der Waals surface area contributed by atoms with Crippen molar-refractivity contribution in [1.82, 2.24) is 5.32 Å². The van der Waals surface area contributed by atoms with E-state index in [2.05, 4.69) is 12.2 Å². The fourth-order valence-corrected chi connectivity index (χ4v) is 2.93. The minimum Gasteiger partial charge on any atom is -0.320 e. The van der Waals surface area contributed by atoms with E-state index in [1.807, 2.05) is 7.05 Å². The van der Waals surface area contributed by atoms with Gasteiger partial charge in [0.25, 0.3) is 0 Å². The zero-order valence-corrected chi connectivity index (χ0v) is 15.4. The zero-order valence-electron chi connectivity index (χ0n) is 15.4. The van der Waals surface area contributed by atoms with Gasteiger partial charge in [-0.15, -0.1) is 0 Å². The molecule has 0 aromatic heterocycles. The second-order valence-electron chi connectivity index (χ2n) is 6.74. The lowest BCUT2D eigenvalue weighted by atomic mass is 10.0. The minimum absolute atomic E-state index is 0.457. The summed E-state index contributed by atoms with van der Waals surface area (Å²) in [5, 5.41) is 3.09. The molecule has 0 aromatic carbocycles. The highest BCUT2D eigenvalue weighted by atomic mass is 16.1. The average molecular weight is 312 g/mol. The van der Waals surface area contributed by atoms with Gasteiger partial charge in [-0.3, -0.25) is 4.79 Å². The average Bonchev–Trinajstić information content (AvgIpc) is 2.52. The second kappa shape index (κ2) is 18.7. The van der Waals surface area contributed by atoms with E-state index in [-0.39, 0.29) is 0 Å². The van der Waals surface area contributed by atoms with E-state index >= 15 is 0 Å². The molecule has 0 aliphatic heterocycles. The van der Waals surface area contributed by atoms with E-state index < -0.39 is 0 Å². The Bertz CT molecular complexity index is 228. The van der Waals surface area contributed by atoms with Gasteiger partial charge >= 0.3 is 0 Å². The summed E-state index contributed by atoms with van der Waals surface area (Å²) in [5.74, 6) is 0.457. The molecule has 0 amide bonds. The van der Waals surface area contributed by atoms with Crippen molar-refractivity contribution in [2.24, 2.45) is 0 Å². The number of hydrogen-bond acceptors (Lipinski definition) is 2. The third kappa shape index (κ3) is 17.7. The van der Waals surface area contributed by atoms with E-state index in [1.165, 1.54) is 77.0 Å². The molecule has 2 heteroatoms. The van der Waals surface area contributed by atoms with Crippen LogP contribution in [0.3, 0.4) is 0 Å². The van der Waals surface area contributed by atoms with Crippen molar-refractivity contribution in [3.05, 3.63) is 0 Å². The summed E-state index contributed by atoms with van der Waals surface area (Å²) in [4.78, 5) is 11.6. The molecule has 0 saturated carbocycles. The minimum atomic E-state index is 0.457. The molecule has 1 N–H and O–H groups in total. The Kier molecular flexibility index (Phi) is 18.4. The summed E-state index contributed by atoms with van der Waals surface area (Å²) in [5.41, 5.74) is 0. The lowest BCUT2D eigenvalue weighted by Gasteiger charge is -2.03. The number of carbonyl (C=O) groups excluding carboxylic acids is 1. The van der Waals surface area contributed by atoms with Gasteiger partial charge in [-0.1, -0.05) is 84.0 Å². The number of rotatable bonds is 18. The Morgan fingerprint density at radius 1 is 0.636 bits per heavy atom. The van der Waals surface area contributed by atoms with Gasteiger partial charge in [-0.2, -0.15) is 0 Å². The van der Waals surface area contributed by atoms with Crippen LogP contribution in [0.1, 0.15) is 110 Å². The van der Waals surface area contributed by atoms with Crippen LogP contribution in [0.4, 0.5) is 0 Å². The lowest BCUT2D eigenvalue weighted by molar-refractivity contribution is -0.119. The van der Waals surface area contributed by atoms with Crippen LogP contribution in [0, 0.1) is 0 Å². The molecule has 0 unspecified atom stereocenters. The maximum atomic E-state index is 11.6. The quantitative estimate of drug-likeness (QED) is 0.313. The fraction of sp³-hybridized carbons (Fsp3) is 0.950. The van der Waals surface area contributed by atoms with Crippen molar-refractivity contribution in [2.45, 2.75) is 110 Å². The molecule has 0 aromatic rings. The molecule has 132 valence electrons. The van der Waals surface area contributed by atoms with Crippen molar-refractivity contribution in [3.8, 4) is 0 Å². The summed E-state index contributed by atoms with van der Waals surface area (Å²) in [6.45, 7) is 3.24. The Labute approximate surface area is 139 Å². The maximum absolute atomic E-state index is 11.6. The molecule has 0 saturated heterocycles. The Balaban J connectivity index is 3.06. The Morgan fingerprint density at radius 3 is 1.50 bits per heavy atom. The third-order valence-electron chi connectivity index (χ3n) is 4.44. The number of nitrogens with one attached hydrogen (secondary N) is 1. The van der Waals surface area contributed by atoms with Crippen LogP contribution in [0.5, 0.6) is 0 Å². The van der Waals surface area contributed by atoms with Gasteiger partial charge in [-0.25, -0.2) is 0 Å². The number of unbranched alkanes of at least 4 members (excludes halogenated alkanes) is 12. The highest BCUT2D eigenvalue weighted by molar-refractivity contribution is 5.78. The van der Waals surface area contributed by atoms with Gasteiger partial charge in [0.2, 0.25) is 0 Å². The van der Waals surface area contributed by atoms with Crippen LogP contribution < -0.4 is 5.32 Å². The van der Waals surface area contributed by atoms with Crippen molar-refractivity contribution < 1.29 is 4.79 Å². The van der Waals surface area contributed by atoms with Crippen LogP contribution in [-0.2, 0) is 4.79 Å². The normalized spacial score (nSPS) is 11.0. The molecular weight excluding hydrogens is 270 g/mol. The highest BCUT2D eigenvalue weighted by Gasteiger charge is 2.01. The smallest absolute Gasteiger partial charge is 0.132 e. The number of carbonyl (C=O) groups is 1. The molecule has 0 heterocycles. The maximum Gasteiger partial charge on any atom is 0.132 e. The van der Waals surface area contributed by atoms with Crippen molar-refractivity contribution in [3.63, 3.8) is 0 Å². The number of hydrogen-bond donors (Lipinski definition) is 1. The first kappa shape index (κ1) is 21.6. The molecule has 0 aliphatic carbocycles. The topological polar surface area (TPSA) is 29.1 Å². The van der Waals surface area contributed by atoms with Gasteiger partial charge < -0.3 is 5.32 Å². The first-order chi connectivity index (χ1) is 10.8. The van der Waals surface area contributed by atoms with Crippen molar-refractivity contribution in [2.75, 3.05) is 13.6 Å². The Morgan fingerprint density at radius 2 is 1.05 bits per heavy atom. The molecule has 0 rings (SSSR count). The largest absolute Gasteiger partial charge is 0.320 e. The number of ketones is 1. The SMILES string of the molecule is CCCCCCCCCCCCCCCC(=O)CCCNC.